The predicted molar refractivity (Wildman–Crippen MR) is 76.3 cm³/mol. The number of hydrogen-bond donors (Lipinski definition) is 1. The molecule has 1 atom stereocenters. The Labute approximate surface area is 123 Å². The summed E-state index contributed by atoms with van der Waals surface area (Å²) in [6, 6.07) is 5.03. The molecule has 1 N–H and O–H groups in total. The number of carbonyl (C=O) groups is 2. The lowest BCUT2D eigenvalue weighted by molar-refractivity contribution is -0.147. The van der Waals surface area contributed by atoms with E-state index >= 15 is 0 Å². The second-order valence-electron chi connectivity index (χ2n) is 5.87. The number of carbonyl (C=O) groups excluding carboxylic acids is 1. The zero-order chi connectivity index (χ0) is 15.6. The van der Waals surface area contributed by atoms with E-state index in [9.17, 15) is 14.7 Å². The second kappa shape index (κ2) is 5.71. The van der Waals surface area contributed by atoms with E-state index in [1.54, 1.807) is 25.1 Å². The summed E-state index contributed by atoms with van der Waals surface area (Å²) in [5, 5.41) is 9.21. The van der Waals surface area contributed by atoms with Crippen LogP contribution >= 0.6 is 0 Å². The molecule has 0 bridgehead atoms. The highest BCUT2D eigenvalue weighted by atomic mass is 16.5. The average molecular weight is 292 g/mol. The summed E-state index contributed by atoms with van der Waals surface area (Å²) in [6.07, 6.45) is 0.431. The monoisotopic (exact) mass is 292 g/mol. The van der Waals surface area contributed by atoms with Crippen LogP contribution in [-0.4, -0.2) is 46.1 Å². The fourth-order valence-corrected chi connectivity index (χ4v) is 2.31. The number of carboxylic acids is 1. The van der Waals surface area contributed by atoms with Crippen molar-refractivity contribution in [2.75, 3.05) is 13.1 Å². The zero-order valence-corrected chi connectivity index (χ0v) is 12.5. The molecule has 1 aromatic rings. The fourth-order valence-electron chi connectivity index (χ4n) is 2.31. The van der Waals surface area contributed by atoms with Gasteiger partial charge in [0.15, 0.2) is 0 Å². The number of ether oxygens (including phenoxy) is 1. The standard InChI is InChI=1S/C15H20N2O4/c1-10(2)21-12-6-4-5-11(16-12)13(18)17-8-7-15(3,9-17)14(19)20/h4-6,10H,7-9H2,1-3H3,(H,19,20). The molecule has 21 heavy (non-hydrogen) atoms. The van der Waals surface area contributed by atoms with Gasteiger partial charge in [-0.05, 0) is 33.3 Å². The first-order valence-corrected chi connectivity index (χ1v) is 6.98. The van der Waals surface area contributed by atoms with Crippen LogP contribution in [-0.2, 0) is 4.79 Å². The molecule has 1 saturated heterocycles. The summed E-state index contributed by atoms with van der Waals surface area (Å²) in [5.74, 6) is -0.729. The van der Waals surface area contributed by atoms with E-state index in [0.717, 1.165) is 0 Å². The maximum Gasteiger partial charge on any atom is 0.311 e. The van der Waals surface area contributed by atoms with Crippen molar-refractivity contribution in [1.29, 1.82) is 0 Å². The maximum atomic E-state index is 12.4. The number of aromatic nitrogens is 1. The minimum absolute atomic E-state index is 0.0232. The van der Waals surface area contributed by atoms with Gasteiger partial charge >= 0.3 is 5.97 Å². The Balaban J connectivity index is 2.13. The predicted octanol–water partition coefficient (Wildman–Crippen LogP) is 1.81. The average Bonchev–Trinajstić information content (AvgIpc) is 2.81. The van der Waals surface area contributed by atoms with Crippen molar-refractivity contribution < 1.29 is 19.4 Å². The van der Waals surface area contributed by atoms with Crippen LogP contribution in [0.3, 0.4) is 0 Å². The largest absolute Gasteiger partial charge is 0.481 e. The SMILES string of the molecule is CC(C)Oc1cccc(C(=O)N2CCC(C)(C(=O)O)C2)n1. The third kappa shape index (κ3) is 3.32. The number of aliphatic carboxylic acids is 1. The van der Waals surface area contributed by atoms with Crippen molar-refractivity contribution in [2.24, 2.45) is 5.41 Å². The van der Waals surface area contributed by atoms with Gasteiger partial charge in [-0.15, -0.1) is 0 Å². The molecule has 114 valence electrons. The third-order valence-corrected chi connectivity index (χ3v) is 3.58. The number of rotatable bonds is 4. The van der Waals surface area contributed by atoms with E-state index < -0.39 is 11.4 Å². The molecule has 1 fully saturated rings. The summed E-state index contributed by atoms with van der Waals surface area (Å²) in [6.45, 7) is 6.06. The van der Waals surface area contributed by atoms with Crippen LogP contribution < -0.4 is 4.74 Å². The van der Waals surface area contributed by atoms with Gasteiger partial charge in [0.2, 0.25) is 5.88 Å². The molecule has 1 aliphatic rings. The first-order valence-electron chi connectivity index (χ1n) is 6.98. The highest BCUT2D eigenvalue weighted by molar-refractivity contribution is 5.93. The molecular weight excluding hydrogens is 272 g/mol. The molecule has 1 unspecified atom stereocenters. The number of likely N-dealkylation sites (tertiary alicyclic amines) is 1. The Morgan fingerprint density at radius 2 is 2.14 bits per heavy atom. The zero-order valence-electron chi connectivity index (χ0n) is 12.5. The highest BCUT2D eigenvalue weighted by Gasteiger charge is 2.42. The van der Waals surface area contributed by atoms with Gasteiger partial charge < -0.3 is 14.7 Å². The van der Waals surface area contributed by atoms with Gasteiger partial charge in [0.1, 0.15) is 5.69 Å². The molecule has 2 rings (SSSR count). The summed E-state index contributed by atoms with van der Waals surface area (Å²) >= 11 is 0. The van der Waals surface area contributed by atoms with Gasteiger partial charge in [-0.3, -0.25) is 9.59 Å². The molecule has 0 radical (unpaired) electrons. The van der Waals surface area contributed by atoms with Crippen LogP contribution in [0.5, 0.6) is 5.88 Å². The lowest BCUT2D eigenvalue weighted by Crippen LogP contribution is -2.35. The van der Waals surface area contributed by atoms with Crippen molar-refractivity contribution in [2.45, 2.75) is 33.3 Å². The van der Waals surface area contributed by atoms with Gasteiger partial charge in [0.25, 0.3) is 5.91 Å². The van der Waals surface area contributed by atoms with Gasteiger partial charge in [-0.2, -0.15) is 0 Å². The quantitative estimate of drug-likeness (QED) is 0.915. The molecule has 0 aliphatic carbocycles. The Kier molecular flexibility index (Phi) is 4.16. The van der Waals surface area contributed by atoms with E-state index in [-0.39, 0.29) is 24.2 Å². The Bertz CT molecular complexity index is 558. The summed E-state index contributed by atoms with van der Waals surface area (Å²) in [7, 11) is 0. The number of hydrogen-bond acceptors (Lipinski definition) is 4. The molecule has 1 aromatic heterocycles. The molecule has 0 aromatic carbocycles. The van der Waals surface area contributed by atoms with Crippen molar-refractivity contribution in [1.82, 2.24) is 9.88 Å². The fraction of sp³-hybridized carbons (Fsp3) is 0.533. The smallest absolute Gasteiger partial charge is 0.311 e. The Hall–Kier alpha value is -2.11. The topological polar surface area (TPSA) is 79.7 Å². The van der Waals surface area contributed by atoms with Crippen molar-refractivity contribution in [3.63, 3.8) is 0 Å². The van der Waals surface area contributed by atoms with Crippen molar-refractivity contribution in [3.05, 3.63) is 23.9 Å². The number of nitrogens with zero attached hydrogens (tertiary/aromatic N) is 2. The number of carboxylic acid groups (broad SMARTS) is 1. The van der Waals surface area contributed by atoms with E-state index in [0.29, 0.717) is 18.8 Å². The van der Waals surface area contributed by atoms with E-state index in [1.165, 1.54) is 4.90 Å². The molecule has 6 heteroatoms. The number of pyridine rings is 1. The summed E-state index contributed by atoms with van der Waals surface area (Å²) in [4.78, 5) is 29.4. The van der Waals surface area contributed by atoms with Crippen molar-refractivity contribution in [3.8, 4) is 5.88 Å². The van der Waals surface area contributed by atoms with Gasteiger partial charge in [0, 0.05) is 19.2 Å². The van der Waals surface area contributed by atoms with Crippen LogP contribution in [0.25, 0.3) is 0 Å². The normalized spacial score (nSPS) is 21.6. The molecule has 0 saturated carbocycles. The highest BCUT2D eigenvalue weighted by Crippen LogP contribution is 2.30. The molecule has 0 spiro atoms. The third-order valence-electron chi connectivity index (χ3n) is 3.58. The maximum absolute atomic E-state index is 12.4. The van der Waals surface area contributed by atoms with Crippen LogP contribution in [0.15, 0.2) is 18.2 Å². The van der Waals surface area contributed by atoms with Gasteiger partial charge in [-0.25, -0.2) is 4.98 Å². The lowest BCUT2D eigenvalue weighted by Gasteiger charge is -2.20. The minimum atomic E-state index is -0.873. The lowest BCUT2D eigenvalue weighted by atomic mass is 9.90. The van der Waals surface area contributed by atoms with Gasteiger partial charge in [0.05, 0.1) is 11.5 Å². The summed E-state index contributed by atoms with van der Waals surface area (Å²) in [5.41, 5.74) is -0.593. The van der Waals surface area contributed by atoms with Crippen LogP contribution in [0.1, 0.15) is 37.7 Å². The second-order valence-corrected chi connectivity index (χ2v) is 5.87. The molecule has 1 amide bonds. The van der Waals surface area contributed by atoms with E-state index in [1.807, 2.05) is 13.8 Å². The van der Waals surface area contributed by atoms with Crippen LogP contribution in [0, 0.1) is 5.41 Å². The van der Waals surface area contributed by atoms with Crippen LogP contribution in [0.4, 0.5) is 0 Å². The van der Waals surface area contributed by atoms with E-state index in [4.69, 9.17) is 4.74 Å². The molecule has 6 nitrogen and oxygen atoms in total. The van der Waals surface area contributed by atoms with E-state index in [2.05, 4.69) is 4.98 Å². The first kappa shape index (κ1) is 15.3. The Morgan fingerprint density at radius 3 is 2.71 bits per heavy atom. The van der Waals surface area contributed by atoms with Gasteiger partial charge in [-0.1, -0.05) is 6.07 Å². The number of amides is 1. The minimum Gasteiger partial charge on any atom is -0.481 e. The first-order chi connectivity index (χ1) is 9.82. The summed E-state index contributed by atoms with van der Waals surface area (Å²) < 4.78 is 5.47. The molecule has 1 aliphatic heterocycles. The Morgan fingerprint density at radius 1 is 1.43 bits per heavy atom. The molecule has 2 heterocycles. The van der Waals surface area contributed by atoms with Crippen LogP contribution in [0.2, 0.25) is 0 Å². The molecular formula is C15H20N2O4. The van der Waals surface area contributed by atoms with Crippen molar-refractivity contribution >= 4 is 11.9 Å².